The van der Waals surface area contributed by atoms with Crippen molar-refractivity contribution in [2.75, 3.05) is 19.7 Å². The van der Waals surface area contributed by atoms with E-state index in [-0.39, 0.29) is 5.69 Å². The van der Waals surface area contributed by atoms with Crippen LogP contribution in [0, 0.1) is 10.1 Å². The molecule has 1 atom stereocenters. The van der Waals surface area contributed by atoms with Gasteiger partial charge in [0.05, 0.1) is 18.1 Å². The highest BCUT2D eigenvalue weighted by molar-refractivity contribution is 5.27. The number of nitro groups is 1. The lowest BCUT2D eigenvalue weighted by molar-refractivity contribution is -0.384. The Kier molecular flexibility index (Phi) is 5.38. The zero-order chi connectivity index (χ0) is 11.8. The predicted octanol–water partition coefficient (Wildman–Crippen LogP) is 1.50. The molecule has 1 fully saturated rings. The molecule has 16 heavy (non-hydrogen) atoms. The van der Waals surface area contributed by atoms with Crippen molar-refractivity contribution >= 4 is 5.69 Å². The molecule has 1 aliphatic heterocycles. The first kappa shape index (κ1) is 12.5. The molecule has 1 aromatic rings. The monoisotopic (exact) mass is 228 g/mol. The van der Waals surface area contributed by atoms with Crippen molar-refractivity contribution in [3.8, 4) is 0 Å². The number of halogens is 1. The predicted molar refractivity (Wildman–Crippen MR) is 56.8 cm³/mol. The second-order valence-electron chi connectivity index (χ2n) is 3.08. The number of hydrogen-bond donors (Lipinski definition) is 1. The first-order chi connectivity index (χ1) is 7.70. The Morgan fingerprint density at radius 2 is 2.12 bits per heavy atom. The van der Waals surface area contributed by atoms with Crippen molar-refractivity contribution in [2.24, 2.45) is 0 Å². The van der Waals surface area contributed by atoms with E-state index in [0.717, 1.165) is 6.54 Å². The molecule has 88 valence electrons. The van der Waals surface area contributed by atoms with Crippen molar-refractivity contribution in [3.05, 3.63) is 40.4 Å². The van der Waals surface area contributed by atoms with Crippen molar-refractivity contribution in [1.82, 2.24) is 5.32 Å². The Morgan fingerprint density at radius 1 is 1.44 bits per heavy atom. The maximum atomic E-state index is 11.9. The van der Waals surface area contributed by atoms with Gasteiger partial charge >= 0.3 is 0 Å². The Balaban J connectivity index is 0.000000165. The molecular weight excluding hydrogens is 215 g/mol. The van der Waals surface area contributed by atoms with Gasteiger partial charge in [-0.15, -0.1) is 0 Å². The van der Waals surface area contributed by atoms with Gasteiger partial charge in [0.15, 0.2) is 0 Å². The molecule has 0 aliphatic carbocycles. The highest BCUT2D eigenvalue weighted by Gasteiger charge is 2.08. The zero-order valence-corrected chi connectivity index (χ0v) is 8.64. The fourth-order valence-corrected chi connectivity index (χ4v) is 1.08. The van der Waals surface area contributed by atoms with Gasteiger partial charge in [-0.2, -0.15) is 0 Å². The largest absolute Gasteiger partial charge is 0.346 e. The minimum Gasteiger partial charge on any atom is -0.346 e. The van der Waals surface area contributed by atoms with E-state index in [1.54, 1.807) is 18.2 Å². The third-order valence-corrected chi connectivity index (χ3v) is 1.85. The molecule has 1 aliphatic rings. The van der Waals surface area contributed by atoms with Crippen LogP contribution in [0.25, 0.3) is 0 Å². The number of rotatable bonds is 1. The molecule has 6 heteroatoms. The van der Waals surface area contributed by atoms with Crippen LogP contribution in [-0.4, -0.2) is 31.0 Å². The number of para-hydroxylation sites is 1. The molecule has 5 nitrogen and oxygen atoms in total. The molecule has 0 saturated carbocycles. The summed E-state index contributed by atoms with van der Waals surface area (Å²) >= 11 is 0. The molecule has 0 radical (unpaired) electrons. The van der Waals surface area contributed by atoms with Gasteiger partial charge < -0.3 is 10.1 Å². The van der Waals surface area contributed by atoms with Gasteiger partial charge in [0, 0.05) is 18.7 Å². The van der Waals surface area contributed by atoms with Crippen molar-refractivity contribution in [1.29, 1.82) is 0 Å². The van der Waals surface area contributed by atoms with Crippen LogP contribution in [0.4, 0.5) is 10.1 Å². The van der Waals surface area contributed by atoms with E-state index in [1.807, 2.05) is 0 Å². The second kappa shape index (κ2) is 6.86. The number of benzene rings is 1. The average molecular weight is 228 g/mol. The van der Waals surface area contributed by atoms with E-state index in [2.05, 4.69) is 10.1 Å². The summed E-state index contributed by atoms with van der Waals surface area (Å²) in [4.78, 5) is 9.59. The van der Waals surface area contributed by atoms with E-state index in [0.29, 0.717) is 13.2 Å². The van der Waals surface area contributed by atoms with Crippen LogP contribution in [0.5, 0.6) is 0 Å². The highest BCUT2D eigenvalue weighted by Crippen LogP contribution is 2.06. The lowest BCUT2D eigenvalue weighted by Crippen LogP contribution is -2.35. The second-order valence-corrected chi connectivity index (χ2v) is 3.08. The third kappa shape index (κ3) is 4.81. The summed E-state index contributed by atoms with van der Waals surface area (Å²) < 4.78 is 16.4. The summed E-state index contributed by atoms with van der Waals surface area (Å²) in [7, 11) is 0. The van der Waals surface area contributed by atoms with Crippen molar-refractivity contribution in [3.63, 3.8) is 0 Å². The molecule has 2 rings (SSSR count). The zero-order valence-electron chi connectivity index (χ0n) is 8.64. The molecule has 0 bridgehead atoms. The summed E-state index contributed by atoms with van der Waals surface area (Å²) in [6, 6.07) is 7.93. The molecule has 1 aromatic carbocycles. The van der Waals surface area contributed by atoms with Gasteiger partial charge in [-0.1, -0.05) is 18.2 Å². The first-order valence-corrected chi connectivity index (χ1v) is 4.86. The molecule has 0 aromatic heterocycles. The number of nitro benzene ring substituents is 1. The van der Waals surface area contributed by atoms with E-state index in [1.165, 1.54) is 12.1 Å². The molecule has 1 unspecified atom stereocenters. The third-order valence-electron chi connectivity index (χ3n) is 1.85. The fraction of sp³-hybridized carbons (Fsp3) is 0.400. The summed E-state index contributed by atoms with van der Waals surface area (Å²) in [5.41, 5.74) is 0.137. The summed E-state index contributed by atoms with van der Waals surface area (Å²) in [5.74, 6) is 0. The Bertz CT molecular complexity index is 315. The minimum absolute atomic E-state index is 0.137. The number of ether oxygens (including phenoxy) is 1. The van der Waals surface area contributed by atoms with Gasteiger partial charge in [0.2, 0.25) is 6.36 Å². The molecule has 1 heterocycles. The van der Waals surface area contributed by atoms with Crippen molar-refractivity contribution in [2.45, 2.75) is 6.36 Å². The summed E-state index contributed by atoms with van der Waals surface area (Å²) in [6.45, 7) is 1.63. The quantitative estimate of drug-likeness (QED) is 0.584. The molecule has 1 N–H and O–H groups in total. The van der Waals surface area contributed by atoms with Crippen LogP contribution in [0.15, 0.2) is 30.3 Å². The van der Waals surface area contributed by atoms with Gasteiger partial charge in [0.1, 0.15) is 0 Å². The van der Waals surface area contributed by atoms with Crippen molar-refractivity contribution < 1.29 is 14.1 Å². The van der Waals surface area contributed by atoms with Crippen LogP contribution >= 0.6 is 0 Å². The first-order valence-electron chi connectivity index (χ1n) is 4.86. The van der Waals surface area contributed by atoms with Gasteiger partial charge in [-0.3, -0.25) is 10.1 Å². The number of nitrogens with one attached hydrogen (secondary N) is 1. The van der Waals surface area contributed by atoms with Gasteiger partial charge in [-0.05, 0) is 0 Å². The van der Waals surface area contributed by atoms with Crippen LogP contribution in [-0.2, 0) is 4.74 Å². The maximum absolute atomic E-state index is 11.9. The SMILES string of the molecule is FC1CNCCO1.O=[N+]([O-])c1ccccc1. The summed E-state index contributed by atoms with van der Waals surface area (Å²) in [5, 5.41) is 12.8. The van der Waals surface area contributed by atoms with Crippen LogP contribution in [0.1, 0.15) is 0 Å². The van der Waals surface area contributed by atoms with Crippen LogP contribution in [0.2, 0.25) is 0 Å². The normalized spacial score (nSPS) is 19.4. The van der Waals surface area contributed by atoms with E-state index in [9.17, 15) is 14.5 Å². The Hall–Kier alpha value is -1.53. The Labute approximate surface area is 92.4 Å². The number of morpholine rings is 1. The van der Waals surface area contributed by atoms with E-state index in [4.69, 9.17) is 0 Å². The number of nitrogens with zero attached hydrogens (tertiary/aromatic N) is 1. The standard InChI is InChI=1S/C6H5NO2.C4H8FNO/c8-7(9)6-4-2-1-3-5-6;5-4-3-6-1-2-7-4/h1-5H;4,6H,1-3H2. The number of non-ortho nitro benzene ring substituents is 1. The molecular formula is C10H13FN2O3. The van der Waals surface area contributed by atoms with Crippen LogP contribution < -0.4 is 5.32 Å². The Morgan fingerprint density at radius 3 is 2.44 bits per heavy atom. The van der Waals surface area contributed by atoms with E-state index >= 15 is 0 Å². The lowest BCUT2D eigenvalue weighted by atomic mass is 10.3. The minimum atomic E-state index is -1.08. The maximum Gasteiger partial charge on any atom is 0.269 e. The molecule has 0 amide bonds. The topological polar surface area (TPSA) is 64.4 Å². The molecule has 1 saturated heterocycles. The summed E-state index contributed by atoms with van der Waals surface area (Å²) in [6.07, 6.45) is -1.08. The van der Waals surface area contributed by atoms with Crippen LogP contribution in [0.3, 0.4) is 0 Å². The van der Waals surface area contributed by atoms with Gasteiger partial charge in [0.25, 0.3) is 5.69 Å². The van der Waals surface area contributed by atoms with Gasteiger partial charge in [-0.25, -0.2) is 4.39 Å². The smallest absolute Gasteiger partial charge is 0.269 e. The average Bonchev–Trinajstić information content (AvgIpc) is 2.32. The fourth-order valence-electron chi connectivity index (χ4n) is 1.08. The highest BCUT2D eigenvalue weighted by atomic mass is 19.1. The van der Waals surface area contributed by atoms with E-state index < -0.39 is 11.3 Å². The molecule has 0 spiro atoms. The number of hydrogen-bond acceptors (Lipinski definition) is 4. The number of alkyl halides is 1. The lowest BCUT2D eigenvalue weighted by Gasteiger charge is -2.15.